The number of pyridine rings is 1. The Kier molecular flexibility index (Phi) is 4.26. The van der Waals surface area contributed by atoms with Gasteiger partial charge in [-0.3, -0.25) is 4.79 Å². The van der Waals surface area contributed by atoms with Gasteiger partial charge in [0.25, 0.3) is 0 Å². The van der Waals surface area contributed by atoms with Gasteiger partial charge in [0, 0.05) is 22.1 Å². The van der Waals surface area contributed by atoms with Crippen molar-refractivity contribution in [1.82, 2.24) is 10.3 Å². The van der Waals surface area contributed by atoms with Gasteiger partial charge in [0.1, 0.15) is 5.82 Å². The fourth-order valence-corrected chi connectivity index (χ4v) is 2.56. The molecule has 0 bridgehead atoms. The van der Waals surface area contributed by atoms with Crippen LogP contribution in [-0.4, -0.2) is 23.0 Å². The molecular formula is C14H20BrN3O. The van der Waals surface area contributed by atoms with Crippen LogP contribution in [0.1, 0.15) is 32.8 Å². The largest absolute Gasteiger partial charge is 0.312 e. The summed E-state index contributed by atoms with van der Waals surface area (Å²) < 4.78 is 0.953. The zero-order chi connectivity index (χ0) is 14.0. The van der Waals surface area contributed by atoms with Gasteiger partial charge in [-0.05, 0) is 67.7 Å². The third-order valence-electron chi connectivity index (χ3n) is 3.16. The molecule has 0 spiro atoms. The molecule has 1 atom stereocenters. The molecule has 4 nitrogen and oxygen atoms in total. The van der Waals surface area contributed by atoms with Crippen molar-refractivity contribution in [2.75, 3.05) is 11.9 Å². The van der Waals surface area contributed by atoms with Crippen LogP contribution in [-0.2, 0) is 11.2 Å². The van der Waals surface area contributed by atoms with Crippen LogP contribution in [0, 0.1) is 5.92 Å². The summed E-state index contributed by atoms with van der Waals surface area (Å²) in [5, 5.41) is 6.31. The Morgan fingerprint density at radius 3 is 2.95 bits per heavy atom. The summed E-state index contributed by atoms with van der Waals surface area (Å²) in [4.78, 5) is 16.2. The zero-order valence-corrected chi connectivity index (χ0v) is 13.2. The first-order chi connectivity index (χ1) is 8.85. The molecule has 1 aromatic rings. The fourth-order valence-electron chi connectivity index (χ4n) is 2.18. The standard InChI is InChI=1S/C14H20BrN3O/c1-14(2,3)17-5-4-9-6-10-7-11(15)8-16-12(10)18-13(9)19/h7-9,17H,4-6H2,1-3H3,(H,16,18,19). The van der Waals surface area contributed by atoms with E-state index in [-0.39, 0.29) is 17.4 Å². The first-order valence-corrected chi connectivity index (χ1v) is 7.35. The van der Waals surface area contributed by atoms with E-state index in [9.17, 15) is 4.79 Å². The minimum absolute atomic E-state index is 0.0263. The van der Waals surface area contributed by atoms with Gasteiger partial charge in [0.15, 0.2) is 0 Å². The lowest BCUT2D eigenvalue weighted by molar-refractivity contribution is -0.120. The van der Waals surface area contributed by atoms with Crippen molar-refractivity contribution in [3.05, 3.63) is 22.3 Å². The molecule has 2 heterocycles. The first-order valence-electron chi connectivity index (χ1n) is 6.55. The summed E-state index contributed by atoms with van der Waals surface area (Å²) in [6, 6.07) is 2.03. The predicted octanol–water partition coefficient (Wildman–Crippen LogP) is 2.73. The Morgan fingerprint density at radius 2 is 2.26 bits per heavy atom. The summed E-state index contributed by atoms with van der Waals surface area (Å²) in [5.74, 6) is 0.810. The molecule has 1 aromatic heterocycles. The van der Waals surface area contributed by atoms with E-state index in [4.69, 9.17) is 0 Å². The number of fused-ring (bicyclic) bond motifs is 1. The summed E-state index contributed by atoms with van der Waals surface area (Å²) in [5.41, 5.74) is 1.20. The number of carbonyl (C=O) groups excluding carboxylic acids is 1. The number of halogens is 1. The third-order valence-corrected chi connectivity index (χ3v) is 3.59. The average Bonchev–Trinajstić information content (AvgIpc) is 2.29. The van der Waals surface area contributed by atoms with Crippen LogP contribution in [0.4, 0.5) is 5.82 Å². The Labute approximate surface area is 122 Å². The van der Waals surface area contributed by atoms with Crippen molar-refractivity contribution >= 4 is 27.7 Å². The molecule has 1 amide bonds. The van der Waals surface area contributed by atoms with E-state index in [1.54, 1.807) is 6.20 Å². The van der Waals surface area contributed by atoms with Crippen LogP contribution >= 0.6 is 15.9 Å². The van der Waals surface area contributed by atoms with Crippen LogP contribution in [0.25, 0.3) is 0 Å². The highest BCUT2D eigenvalue weighted by Gasteiger charge is 2.27. The first kappa shape index (κ1) is 14.5. The second kappa shape index (κ2) is 5.59. The van der Waals surface area contributed by atoms with E-state index < -0.39 is 0 Å². The summed E-state index contributed by atoms with van der Waals surface area (Å²) in [7, 11) is 0. The van der Waals surface area contributed by atoms with E-state index in [2.05, 4.69) is 52.3 Å². The van der Waals surface area contributed by atoms with E-state index in [1.807, 2.05) is 6.07 Å². The molecule has 1 aliphatic rings. The van der Waals surface area contributed by atoms with Crippen LogP contribution in [0.15, 0.2) is 16.7 Å². The lowest BCUT2D eigenvalue weighted by Gasteiger charge is -2.26. The summed E-state index contributed by atoms with van der Waals surface area (Å²) >= 11 is 3.42. The molecule has 5 heteroatoms. The Morgan fingerprint density at radius 1 is 1.53 bits per heavy atom. The number of rotatable bonds is 3. The van der Waals surface area contributed by atoms with Crippen molar-refractivity contribution in [1.29, 1.82) is 0 Å². The van der Waals surface area contributed by atoms with Gasteiger partial charge in [0.05, 0.1) is 0 Å². The van der Waals surface area contributed by atoms with Gasteiger partial charge in [0.2, 0.25) is 5.91 Å². The lowest BCUT2D eigenvalue weighted by atomic mass is 9.92. The van der Waals surface area contributed by atoms with E-state index in [1.165, 1.54) is 0 Å². The Hall–Kier alpha value is -0.940. The molecule has 0 saturated carbocycles. The third kappa shape index (κ3) is 4.01. The number of carbonyl (C=O) groups is 1. The molecule has 0 fully saturated rings. The molecule has 0 saturated heterocycles. The minimum Gasteiger partial charge on any atom is -0.312 e. The highest BCUT2D eigenvalue weighted by molar-refractivity contribution is 9.10. The number of hydrogen-bond acceptors (Lipinski definition) is 3. The van der Waals surface area contributed by atoms with Crippen molar-refractivity contribution in [3.63, 3.8) is 0 Å². The Balaban J connectivity index is 1.99. The molecule has 0 aliphatic carbocycles. The SMILES string of the molecule is CC(C)(C)NCCC1Cc2cc(Br)cnc2NC1=O. The molecular weight excluding hydrogens is 306 g/mol. The number of nitrogens with zero attached hydrogens (tertiary/aromatic N) is 1. The van der Waals surface area contributed by atoms with Gasteiger partial charge < -0.3 is 10.6 Å². The van der Waals surface area contributed by atoms with Gasteiger partial charge in [-0.1, -0.05) is 0 Å². The second-order valence-corrected chi connectivity index (χ2v) is 6.93. The van der Waals surface area contributed by atoms with E-state index >= 15 is 0 Å². The van der Waals surface area contributed by atoms with Gasteiger partial charge >= 0.3 is 0 Å². The highest BCUT2D eigenvalue weighted by Crippen LogP contribution is 2.27. The molecule has 104 valence electrons. The van der Waals surface area contributed by atoms with Crippen LogP contribution in [0.5, 0.6) is 0 Å². The molecule has 1 unspecified atom stereocenters. The monoisotopic (exact) mass is 325 g/mol. The van der Waals surface area contributed by atoms with Gasteiger partial charge in [-0.15, -0.1) is 0 Å². The number of amides is 1. The van der Waals surface area contributed by atoms with E-state index in [0.717, 1.165) is 29.4 Å². The smallest absolute Gasteiger partial charge is 0.229 e. The minimum atomic E-state index is 0.0263. The molecule has 19 heavy (non-hydrogen) atoms. The van der Waals surface area contributed by atoms with Crippen LogP contribution < -0.4 is 10.6 Å². The molecule has 1 aliphatic heterocycles. The second-order valence-electron chi connectivity index (χ2n) is 6.02. The predicted molar refractivity (Wildman–Crippen MR) is 80.1 cm³/mol. The topological polar surface area (TPSA) is 54.0 Å². The number of aromatic nitrogens is 1. The number of nitrogens with one attached hydrogen (secondary N) is 2. The normalized spacial score (nSPS) is 18.9. The maximum absolute atomic E-state index is 12.0. The molecule has 0 aromatic carbocycles. The van der Waals surface area contributed by atoms with Crippen molar-refractivity contribution < 1.29 is 4.79 Å². The van der Waals surface area contributed by atoms with Crippen molar-refractivity contribution in [3.8, 4) is 0 Å². The molecule has 0 radical (unpaired) electrons. The summed E-state index contributed by atoms with van der Waals surface area (Å²) in [6.07, 6.45) is 3.31. The van der Waals surface area contributed by atoms with E-state index in [0.29, 0.717) is 5.82 Å². The van der Waals surface area contributed by atoms with Gasteiger partial charge in [-0.25, -0.2) is 4.98 Å². The molecule has 2 rings (SSSR count). The average molecular weight is 326 g/mol. The Bertz CT molecular complexity index is 482. The number of anilines is 1. The van der Waals surface area contributed by atoms with Gasteiger partial charge in [-0.2, -0.15) is 0 Å². The van der Waals surface area contributed by atoms with Crippen LogP contribution in [0.2, 0.25) is 0 Å². The molecule has 2 N–H and O–H groups in total. The zero-order valence-electron chi connectivity index (χ0n) is 11.6. The van der Waals surface area contributed by atoms with Crippen LogP contribution in [0.3, 0.4) is 0 Å². The lowest BCUT2D eigenvalue weighted by Crippen LogP contribution is -2.39. The maximum atomic E-state index is 12.0. The van der Waals surface area contributed by atoms with Crippen molar-refractivity contribution in [2.24, 2.45) is 5.92 Å². The quantitative estimate of drug-likeness (QED) is 0.898. The summed E-state index contributed by atoms with van der Waals surface area (Å²) in [6.45, 7) is 7.23. The fraction of sp³-hybridized carbons (Fsp3) is 0.571. The number of hydrogen-bond donors (Lipinski definition) is 2. The van der Waals surface area contributed by atoms with Crippen molar-refractivity contribution in [2.45, 2.75) is 39.2 Å². The highest BCUT2D eigenvalue weighted by atomic mass is 79.9. The maximum Gasteiger partial charge on any atom is 0.229 e.